The highest BCUT2D eigenvalue weighted by atomic mass is 79.9. The molecule has 1 heterocycles. The molecular formula is C9H12BrN3O2. The SMILES string of the molecule is CC(C)(C)OC(=O)c1ncnc(N)c1Br. The van der Waals surface area contributed by atoms with E-state index in [-0.39, 0.29) is 11.5 Å². The lowest BCUT2D eigenvalue weighted by Crippen LogP contribution is -2.25. The van der Waals surface area contributed by atoms with E-state index >= 15 is 0 Å². The molecule has 0 fully saturated rings. The molecule has 1 aromatic rings. The number of nitrogens with zero attached hydrogens (tertiary/aromatic N) is 2. The van der Waals surface area contributed by atoms with Crippen LogP contribution in [-0.2, 0) is 4.74 Å². The van der Waals surface area contributed by atoms with Crippen LogP contribution in [0.15, 0.2) is 10.8 Å². The zero-order valence-electron chi connectivity index (χ0n) is 8.74. The smallest absolute Gasteiger partial charge is 0.358 e. The quantitative estimate of drug-likeness (QED) is 0.790. The number of esters is 1. The van der Waals surface area contributed by atoms with E-state index < -0.39 is 11.6 Å². The molecule has 0 radical (unpaired) electrons. The summed E-state index contributed by atoms with van der Waals surface area (Å²) in [4.78, 5) is 19.2. The Labute approximate surface area is 96.2 Å². The molecule has 0 unspecified atom stereocenters. The fourth-order valence-corrected chi connectivity index (χ4v) is 1.22. The first-order chi connectivity index (χ1) is 6.81. The van der Waals surface area contributed by atoms with Crippen molar-refractivity contribution in [1.82, 2.24) is 9.97 Å². The summed E-state index contributed by atoms with van der Waals surface area (Å²) in [6.07, 6.45) is 1.22. The van der Waals surface area contributed by atoms with E-state index in [9.17, 15) is 4.79 Å². The molecule has 0 spiro atoms. The maximum absolute atomic E-state index is 11.6. The minimum atomic E-state index is -0.559. The monoisotopic (exact) mass is 273 g/mol. The third-order valence-corrected chi connectivity index (χ3v) is 2.19. The third kappa shape index (κ3) is 3.16. The van der Waals surface area contributed by atoms with Gasteiger partial charge in [0.25, 0.3) is 0 Å². The van der Waals surface area contributed by atoms with Crippen molar-refractivity contribution < 1.29 is 9.53 Å². The van der Waals surface area contributed by atoms with Crippen LogP contribution in [0.2, 0.25) is 0 Å². The van der Waals surface area contributed by atoms with Gasteiger partial charge in [-0.3, -0.25) is 0 Å². The molecule has 82 valence electrons. The van der Waals surface area contributed by atoms with Crippen LogP contribution in [0.25, 0.3) is 0 Å². The van der Waals surface area contributed by atoms with Gasteiger partial charge in [0, 0.05) is 0 Å². The highest BCUT2D eigenvalue weighted by molar-refractivity contribution is 9.10. The van der Waals surface area contributed by atoms with Crippen molar-refractivity contribution in [2.75, 3.05) is 5.73 Å². The molecule has 0 aliphatic carbocycles. The van der Waals surface area contributed by atoms with Crippen molar-refractivity contribution in [3.63, 3.8) is 0 Å². The van der Waals surface area contributed by atoms with Crippen LogP contribution in [0.3, 0.4) is 0 Å². The highest BCUT2D eigenvalue weighted by Gasteiger charge is 2.22. The van der Waals surface area contributed by atoms with Crippen molar-refractivity contribution in [1.29, 1.82) is 0 Å². The zero-order valence-corrected chi connectivity index (χ0v) is 10.3. The van der Waals surface area contributed by atoms with Gasteiger partial charge in [0.05, 0.1) is 4.47 Å². The number of hydrogen-bond acceptors (Lipinski definition) is 5. The normalized spacial score (nSPS) is 11.2. The molecule has 1 aromatic heterocycles. The zero-order chi connectivity index (χ0) is 11.6. The van der Waals surface area contributed by atoms with E-state index in [1.165, 1.54) is 6.33 Å². The van der Waals surface area contributed by atoms with E-state index in [2.05, 4.69) is 25.9 Å². The Morgan fingerprint density at radius 2 is 2.07 bits per heavy atom. The van der Waals surface area contributed by atoms with Crippen LogP contribution >= 0.6 is 15.9 Å². The van der Waals surface area contributed by atoms with Gasteiger partial charge in [0.1, 0.15) is 17.7 Å². The number of carbonyl (C=O) groups is 1. The summed E-state index contributed by atoms with van der Waals surface area (Å²) in [5.74, 6) is -0.311. The maximum Gasteiger partial charge on any atom is 0.358 e. The van der Waals surface area contributed by atoms with Crippen molar-refractivity contribution >= 4 is 27.7 Å². The lowest BCUT2D eigenvalue weighted by Gasteiger charge is -2.19. The summed E-state index contributed by atoms with van der Waals surface area (Å²) in [5, 5.41) is 0. The molecule has 5 nitrogen and oxygen atoms in total. The molecule has 2 N–H and O–H groups in total. The van der Waals surface area contributed by atoms with Crippen molar-refractivity contribution in [2.24, 2.45) is 0 Å². The number of aromatic nitrogens is 2. The second-order valence-corrected chi connectivity index (χ2v) is 4.72. The van der Waals surface area contributed by atoms with Gasteiger partial charge in [-0.25, -0.2) is 14.8 Å². The van der Waals surface area contributed by atoms with Crippen LogP contribution in [0, 0.1) is 0 Å². The molecule has 0 saturated carbocycles. The molecule has 0 saturated heterocycles. The Bertz CT molecular complexity index is 387. The van der Waals surface area contributed by atoms with Crippen molar-refractivity contribution in [2.45, 2.75) is 26.4 Å². The van der Waals surface area contributed by atoms with E-state index in [1.807, 2.05) is 0 Å². The average Bonchev–Trinajstić information content (AvgIpc) is 2.06. The minimum Gasteiger partial charge on any atom is -0.455 e. The molecule has 1 rings (SSSR count). The van der Waals surface area contributed by atoms with Crippen LogP contribution < -0.4 is 5.73 Å². The first-order valence-electron chi connectivity index (χ1n) is 4.30. The Hall–Kier alpha value is -1.17. The van der Waals surface area contributed by atoms with Gasteiger partial charge in [-0.1, -0.05) is 0 Å². The van der Waals surface area contributed by atoms with Crippen LogP contribution in [0.5, 0.6) is 0 Å². The molecule has 15 heavy (non-hydrogen) atoms. The van der Waals surface area contributed by atoms with E-state index in [4.69, 9.17) is 10.5 Å². The maximum atomic E-state index is 11.6. The summed E-state index contributed by atoms with van der Waals surface area (Å²) >= 11 is 3.14. The van der Waals surface area contributed by atoms with E-state index in [0.717, 1.165) is 0 Å². The number of anilines is 1. The van der Waals surface area contributed by atoms with Crippen LogP contribution in [0.1, 0.15) is 31.3 Å². The number of carbonyl (C=O) groups excluding carboxylic acids is 1. The van der Waals surface area contributed by atoms with Gasteiger partial charge < -0.3 is 10.5 Å². The topological polar surface area (TPSA) is 78.1 Å². The van der Waals surface area contributed by atoms with E-state index in [0.29, 0.717) is 4.47 Å². The number of nitrogen functional groups attached to an aromatic ring is 1. The second kappa shape index (κ2) is 4.14. The predicted octanol–water partition coefficient (Wildman–Crippen LogP) is 1.78. The fraction of sp³-hybridized carbons (Fsp3) is 0.444. The summed E-state index contributed by atoms with van der Waals surface area (Å²) in [6.45, 7) is 5.34. The number of halogens is 1. The molecule has 0 aliphatic rings. The minimum absolute atomic E-state index is 0.137. The first-order valence-corrected chi connectivity index (χ1v) is 5.10. The first kappa shape index (κ1) is 11.9. The molecule has 0 aliphatic heterocycles. The number of ether oxygens (including phenoxy) is 1. The molecule has 0 aromatic carbocycles. The van der Waals surface area contributed by atoms with Crippen LogP contribution in [0.4, 0.5) is 5.82 Å². The summed E-state index contributed by atoms with van der Waals surface area (Å²) in [5.41, 5.74) is 5.09. The number of hydrogen-bond donors (Lipinski definition) is 1. The van der Waals surface area contributed by atoms with E-state index in [1.54, 1.807) is 20.8 Å². The summed E-state index contributed by atoms with van der Waals surface area (Å²) in [6, 6.07) is 0. The fourth-order valence-electron chi connectivity index (χ4n) is 0.852. The Kier molecular flexibility index (Phi) is 3.28. The van der Waals surface area contributed by atoms with Crippen molar-refractivity contribution in [3.8, 4) is 0 Å². The molecule has 0 amide bonds. The van der Waals surface area contributed by atoms with Crippen LogP contribution in [-0.4, -0.2) is 21.5 Å². The largest absolute Gasteiger partial charge is 0.455 e. The lowest BCUT2D eigenvalue weighted by molar-refractivity contribution is 0.00615. The van der Waals surface area contributed by atoms with Gasteiger partial charge >= 0.3 is 5.97 Å². The van der Waals surface area contributed by atoms with Gasteiger partial charge in [0.15, 0.2) is 5.69 Å². The third-order valence-electron chi connectivity index (χ3n) is 1.41. The highest BCUT2D eigenvalue weighted by Crippen LogP contribution is 2.21. The Balaban J connectivity index is 2.97. The van der Waals surface area contributed by atoms with Gasteiger partial charge in [-0.2, -0.15) is 0 Å². The van der Waals surface area contributed by atoms with Crippen molar-refractivity contribution in [3.05, 3.63) is 16.5 Å². The van der Waals surface area contributed by atoms with Gasteiger partial charge in [-0.15, -0.1) is 0 Å². The Morgan fingerprint density at radius 3 is 2.60 bits per heavy atom. The molecular weight excluding hydrogens is 262 g/mol. The molecule has 0 atom stereocenters. The standard InChI is InChI=1S/C9H12BrN3O2/c1-9(2,3)15-8(14)6-5(10)7(11)13-4-12-6/h4H,1-3H3,(H2,11,12,13). The second-order valence-electron chi connectivity index (χ2n) is 3.92. The summed E-state index contributed by atoms with van der Waals surface area (Å²) < 4.78 is 5.51. The number of rotatable bonds is 1. The predicted molar refractivity (Wildman–Crippen MR) is 59.3 cm³/mol. The van der Waals surface area contributed by atoms with Gasteiger partial charge in [0.2, 0.25) is 0 Å². The summed E-state index contributed by atoms with van der Waals surface area (Å²) in [7, 11) is 0. The number of nitrogens with two attached hydrogens (primary N) is 1. The van der Waals surface area contributed by atoms with Gasteiger partial charge in [-0.05, 0) is 36.7 Å². The Morgan fingerprint density at radius 1 is 1.47 bits per heavy atom. The lowest BCUT2D eigenvalue weighted by atomic mass is 10.2. The molecule has 6 heteroatoms. The molecule has 0 bridgehead atoms. The average molecular weight is 274 g/mol.